The SMILES string of the molecule is Cc1cccc(CN2CCN(CC(O)COCC3CCCO3)CC2)c1. The first-order valence-corrected chi connectivity index (χ1v) is 9.57. The molecule has 0 spiro atoms. The molecule has 2 unspecified atom stereocenters. The Balaban J connectivity index is 1.30. The minimum atomic E-state index is -0.412. The first-order chi connectivity index (χ1) is 12.2. The van der Waals surface area contributed by atoms with Crippen molar-refractivity contribution in [3.05, 3.63) is 35.4 Å². The fraction of sp³-hybridized carbons (Fsp3) is 0.700. The third-order valence-electron chi connectivity index (χ3n) is 5.06. The molecule has 2 fully saturated rings. The summed E-state index contributed by atoms with van der Waals surface area (Å²) in [7, 11) is 0. The summed E-state index contributed by atoms with van der Waals surface area (Å²) >= 11 is 0. The molecule has 5 heteroatoms. The predicted molar refractivity (Wildman–Crippen MR) is 98.7 cm³/mol. The molecule has 0 aromatic heterocycles. The summed E-state index contributed by atoms with van der Waals surface area (Å²) < 4.78 is 11.2. The number of piperazine rings is 1. The summed E-state index contributed by atoms with van der Waals surface area (Å²) in [5.74, 6) is 0. The lowest BCUT2D eigenvalue weighted by Crippen LogP contribution is -2.48. The number of ether oxygens (including phenoxy) is 2. The molecule has 0 radical (unpaired) electrons. The number of aliphatic hydroxyl groups is 1. The highest BCUT2D eigenvalue weighted by molar-refractivity contribution is 5.22. The lowest BCUT2D eigenvalue weighted by molar-refractivity contribution is -0.0287. The van der Waals surface area contributed by atoms with Gasteiger partial charge in [-0.1, -0.05) is 29.8 Å². The number of aliphatic hydroxyl groups excluding tert-OH is 1. The Kier molecular flexibility index (Phi) is 7.25. The van der Waals surface area contributed by atoms with Crippen LogP contribution in [-0.4, -0.2) is 79.7 Å². The average Bonchev–Trinajstić information content (AvgIpc) is 3.10. The van der Waals surface area contributed by atoms with E-state index in [0.717, 1.165) is 52.2 Å². The van der Waals surface area contributed by atoms with Gasteiger partial charge in [-0.2, -0.15) is 0 Å². The van der Waals surface area contributed by atoms with Gasteiger partial charge in [-0.15, -0.1) is 0 Å². The van der Waals surface area contributed by atoms with E-state index < -0.39 is 6.10 Å². The lowest BCUT2D eigenvalue weighted by Gasteiger charge is -2.35. The zero-order chi connectivity index (χ0) is 17.5. The Hall–Kier alpha value is -0.980. The van der Waals surface area contributed by atoms with Crippen LogP contribution in [0.3, 0.4) is 0 Å². The molecule has 2 heterocycles. The molecule has 3 rings (SSSR count). The Morgan fingerprint density at radius 1 is 1.24 bits per heavy atom. The molecule has 1 N–H and O–H groups in total. The van der Waals surface area contributed by atoms with Crippen LogP contribution in [0.15, 0.2) is 24.3 Å². The number of aryl methyl sites for hydroxylation is 1. The first kappa shape index (κ1) is 18.8. The maximum Gasteiger partial charge on any atom is 0.0900 e. The minimum Gasteiger partial charge on any atom is -0.389 e. The third-order valence-corrected chi connectivity index (χ3v) is 5.06. The van der Waals surface area contributed by atoms with Crippen molar-refractivity contribution in [3.63, 3.8) is 0 Å². The monoisotopic (exact) mass is 348 g/mol. The molecule has 0 aliphatic carbocycles. The van der Waals surface area contributed by atoms with E-state index in [9.17, 15) is 5.11 Å². The molecule has 25 heavy (non-hydrogen) atoms. The van der Waals surface area contributed by atoms with Gasteiger partial charge in [0.15, 0.2) is 0 Å². The van der Waals surface area contributed by atoms with Crippen LogP contribution in [-0.2, 0) is 16.0 Å². The van der Waals surface area contributed by atoms with Crippen LogP contribution in [0.5, 0.6) is 0 Å². The average molecular weight is 348 g/mol. The van der Waals surface area contributed by atoms with E-state index in [1.54, 1.807) is 0 Å². The van der Waals surface area contributed by atoms with Gasteiger partial charge in [0, 0.05) is 45.9 Å². The van der Waals surface area contributed by atoms with Crippen LogP contribution in [0.2, 0.25) is 0 Å². The first-order valence-electron chi connectivity index (χ1n) is 9.57. The van der Waals surface area contributed by atoms with Crippen molar-refractivity contribution >= 4 is 0 Å². The van der Waals surface area contributed by atoms with Gasteiger partial charge in [0.2, 0.25) is 0 Å². The molecule has 0 saturated carbocycles. The topological polar surface area (TPSA) is 45.2 Å². The van der Waals surface area contributed by atoms with Crippen molar-refractivity contribution in [3.8, 4) is 0 Å². The lowest BCUT2D eigenvalue weighted by atomic mass is 10.1. The largest absolute Gasteiger partial charge is 0.389 e. The molecule has 1 aromatic rings. The maximum absolute atomic E-state index is 10.2. The smallest absolute Gasteiger partial charge is 0.0900 e. The number of nitrogens with zero attached hydrogens (tertiary/aromatic N) is 2. The van der Waals surface area contributed by atoms with Crippen LogP contribution in [0.1, 0.15) is 24.0 Å². The highest BCUT2D eigenvalue weighted by Gasteiger charge is 2.20. The van der Waals surface area contributed by atoms with Crippen molar-refractivity contribution in [2.45, 2.75) is 38.5 Å². The normalized spacial score (nSPS) is 23.8. The summed E-state index contributed by atoms with van der Waals surface area (Å²) in [6, 6.07) is 8.74. The van der Waals surface area contributed by atoms with E-state index in [0.29, 0.717) is 19.8 Å². The molecule has 1 aromatic carbocycles. The highest BCUT2D eigenvalue weighted by atomic mass is 16.5. The van der Waals surface area contributed by atoms with Crippen molar-refractivity contribution in [2.24, 2.45) is 0 Å². The Bertz CT molecular complexity index is 511. The van der Waals surface area contributed by atoms with Crippen molar-refractivity contribution in [2.75, 3.05) is 52.5 Å². The van der Waals surface area contributed by atoms with E-state index in [1.165, 1.54) is 11.1 Å². The van der Waals surface area contributed by atoms with E-state index in [1.807, 2.05) is 0 Å². The van der Waals surface area contributed by atoms with Gasteiger partial charge in [0.25, 0.3) is 0 Å². The van der Waals surface area contributed by atoms with Crippen LogP contribution >= 0.6 is 0 Å². The maximum atomic E-state index is 10.2. The van der Waals surface area contributed by atoms with Crippen LogP contribution in [0, 0.1) is 6.92 Å². The summed E-state index contributed by atoms with van der Waals surface area (Å²) in [6.07, 6.45) is 2.03. The molecular formula is C20H32N2O3. The molecule has 2 aliphatic rings. The molecule has 0 bridgehead atoms. The van der Waals surface area contributed by atoms with Crippen molar-refractivity contribution < 1.29 is 14.6 Å². The standard InChI is InChI=1S/C20H32N2O3/c1-17-4-2-5-18(12-17)13-21-7-9-22(10-8-21)14-19(23)15-24-16-20-6-3-11-25-20/h2,4-5,12,19-20,23H,3,6-11,13-16H2,1H3. The van der Waals surface area contributed by atoms with E-state index >= 15 is 0 Å². The summed E-state index contributed by atoms with van der Waals surface area (Å²) in [5.41, 5.74) is 2.71. The number of hydrogen-bond acceptors (Lipinski definition) is 5. The van der Waals surface area contributed by atoms with Gasteiger partial charge in [0.1, 0.15) is 0 Å². The van der Waals surface area contributed by atoms with Crippen LogP contribution in [0.4, 0.5) is 0 Å². The number of hydrogen-bond donors (Lipinski definition) is 1. The van der Waals surface area contributed by atoms with E-state index in [-0.39, 0.29) is 6.10 Å². The fourth-order valence-corrected chi connectivity index (χ4v) is 3.66. The number of β-amino-alcohol motifs (C(OH)–C–C–N with tert-alkyl or cyclic N) is 1. The quantitative estimate of drug-likeness (QED) is 0.774. The second kappa shape index (κ2) is 9.64. The Morgan fingerprint density at radius 3 is 2.76 bits per heavy atom. The van der Waals surface area contributed by atoms with E-state index in [2.05, 4.69) is 41.0 Å². The van der Waals surface area contributed by atoms with Crippen LogP contribution in [0.25, 0.3) is 0 Å². The Labute approximate surface area is 151 Å². The molecule has 2 aliphatic heterocycles. The second-order valence-corrected chi connectivity index (χ2v) is 7.39. The van der Waals surface area contributed by atoms with Gasteiger partial charge in [-0.25, -0.2) is 0 Å². The van der Waals surface area contributed by atoms with Crippen molar-refractivity contribution in [1.29, 1.82) is 0 Å². The zero-order valence-electron chi connectivity index (χ0n) is 15.4. The number of benzene rings is 1. The molecular weight excluding hydrogens is 316 g/mol. The predicted octanol–water partition coefficient (Wildman–Crippen LogP) is 1.67. The molecule has 5 nitrogen and oxygen atoms in total. The highest BCUT2D eigenvalue weighted by Crippen LogP contribution is 2.13. The second-order valence-electron chi connectivity index (χ2n) is 7.39. The van der Waals surface area contributed by atoms with Gasteiger partial charge in [-0.05, 0) is 25.3 Å². The molecule has 2 atom stereocenters. The summed E-state index contributed by atoms with van der Waals surface area (Å²) in [6.45, 7) is 9.85. The fourth-order valence-electron chi connectivity index (χ4n) is 3.66. The van der Waals surface area contributed by atoms with Gasteiger partial charge in [0.05, 0.1) is 25.4 Å². The van der Waals surface area contributed by atoms with Crippen molar-refractivity contribution in [1.82, 2.24) is 9.80 Å². The third kappa shape index (κ3) is 6.35. The van der Waals surface area contributed by atoms with Gasteiger partial charge < -0.3 is 14.6 Å². The molecule has 2 saturated heterocycles. The van der Waals surface area contributed by atoms with Crippen LogP contribution < -0.4 is 0 Å². The summed E-state index contributed by atoms with van der Waals surface area (Å²) in [5, 5.41) is 10.2. The molecule has 0 amide bonds. The minimum absolute atomic E-state index is 0.234. The number of rotatable bonds is 8. The zero-order valence-corrected chi connectivity index (χ0v) is 15.4. The van der Waals surface area contributed by atoms with Gasteiger partial charge >= 0.3 is 0 Å². The van der Waals surface area contributed by atoms with E-state index in [4.69, 9.17) is 9.47 Å². The molecule has 140 valence electrons. The van der Waals surface area contributed by atoms with Gasteiger partial charge in [-0.3, -0.25) is 9.80 Å². The summed E-state index contributed by atoms with van der Waals surface area (Å²) in [4.78, 5) is 4.83. The Morgan fingerprint density at radius 2 is 2.04 bits per heavy atom.